The van der Waals surface area contributed by atoms with Gasteiger partial charge in [0.15, 0.2) is 0 Å². The largest absolute Gasteiger partial charge is 0.381 e. The Hall–Kier alpha value is -0.450. The van der Waals surface area contributed by atoms with Gasteiger partial charge in [0.25, 0.3) is 0 Å². The number of rotatable bonds is 2. The van der Waals surface area contributed by atoms with Crippen LogP contribution < -0.4 is 5.73 Å². The fourth-order valence-electron chi connectivity index (χ4n) is 1.86. The summed E-state index contributed by atoms with van der Waals surface area (Å²) in [6, 6.07) is 0. The summed E-state index contributed by atoms with van der Waals surface area (Å²) >= 11 is 1.73. The maximum atomic E-state index is 5.89. The summed E-state index contributed by atoms with van der Waals surface area (Å²) < 4.78 is 5.38. The zero-order chi connectivity index (χ0) is 10.0. The topological polar surface area (TPSA) is 48.1 Å². The fraction of sp³-hybridized carbons (Fsp3) is 0.700. The number of hydrogen-bond acceptors (Lipinski definition) is 4. The Morgan fingerprint density at radius 3 is 2.79 bits per heavy atom. The highest BCUT2D eigenvalue weighted by Gasteiger charge is 2.35. The first-order valence-electron chi connectivity index (χ1n) is 4.97. The molecule has 2 N–H and O–H groups in total. The predicted octanol–water partition coefficient (Wildman–Crippen LogP) is 1.46. The third kappa shape index (κ3) is 1.69. The lowest BCUT2D eigenvalue weighted by Gasteiger charge is -2.34. The summed E-state index contributed by atoms with van der Waals surface area (Å²) in [7, 11) is 0. The van der Waals surface area contributed by atoms with Crippen LogP contribution in [-0.4, -0.2) is 24.7 Å². The summed E-state index contributed by atoms with van der Waals surface area (Å²) in [5.41, 5.74) is 7.09. The van der Waals surface area contributed by atoms with E-state index in [1.807, 2.05) is 6.92 Å². The first-order valence-corrected chi connectivity index (χ1v) is 5.85. The lowest BCUT2D eigenvalue weighted by Crippen LogP contribution is -2.40. The Kier molecular flexibility index (Phi) is 2.85. The van der Waals surface area contributed by atoms with Crippen LogP contribution in [0.2, 0.25) is 0 Å². The number of nitrogens with zero attached hydrogens (tertiary/aromatic N) is 1. The van der Waals surface area contributed by atoms with Gasteiger partial charge in [-0.3, -0.25) is 0 Å². The first-order chi connectivity index (χ1) is 6.77. The molecule has 1 aromatic rings. The molecule has 78 valence electrons. The van der Waals surface area contributed by atoms with Crippen molar-refractivity contribution in [3.63, 3.8) is 0 Å². The molecule has 1 aromatic heterocycles. The third-order valence-corrected chi connectivity index (χ3v) is 4.12. The van der Waals surface area contributed by atoms with E-state index in [1.165, 1.54) is 5.01 Å². The summed E-state index contributed by atoms with van der Waals surface area (Å²) in [4.78, 5) is 4.56. The SMILES string of the molecule is Cc1csc(C2(CN)CCOCC2)n1. The number of ether oxygens (including phenoxy) is 1. The standard InChI is InChI=1S/C10H16N2OS/c1-8-6-14-9(12-8)10(7-11)2-4-13-5-3-10/h6H,2-5,7,11H2,1H3. The Balaban J connectivity index is 2.26. The molecular formula is C10H16N2OS. The van der Waals surface area contributed by atoms with Gasteiger partial charge < -0.3 is 10.5 Å². The van der Waals surface area contributed by atoms with Gasteiger partial charge in [0.05, 0.1) is 0 Å². The lowest BCUT2D eigenvalue weighted by molar-refractivity contribution is 0.0528. The minimum Gasteiger partial charge on any atom is -0.381 e. The second-order valence-electron chi connectivity index (χ2n) is 3.89. The van der Waals surface area contributed by atoms with Gasteiger partial charge >= 0.3 is 0 Å². The second-order valence-corrected chi connectivity index (χ2v) is 4.75. The van der Waals surface area contributed by atoms with Crippen LogP contribution in [0.1, 0.15) is 23.5 Å². The van der Waals surface area contributed by atoms with Crippen LogP contribution in [0.15, 0.2) is 5.38 Å². The van der Waals surface area contributed by atoms with E-state index in [1.54, 1.807) is 11.3 Å². The summed E-state index contributed by atoms with van der Waals surface area (Å²) in [5, 5.41) is 3.29. The smallest absolute Gasteiger partial charge is 0.100 e. The molecule has 1 fully saturated rings. The van der Waals surface area contributed by atoms with Crippen molar-refractivity contribution >= 4 is 11.3 Å². The predicted molar refractivity (Wildman–Crippen MR) is 57.6 cm³/mol. The molecule has 3 nitrogen and oxygen atoms in total. The van der Waals surface area contributed by atoms with E-state index in [0.717, 1.165) is 31.7 Å². The lowest BCUT2D eigenvalue weighted by atomic mass is 9.81. The van der Waals surface area contributed by atoms with Crippen molar-refractivity contribution in [3.05, 3.63) is 16.1 Å². The minimum absolute atomic E-state index is 0.0944. The molecule has 0 spiro atoms. The van der Waals surface area contributed by atoms with Gasteiger partial charge in [0.2, 0.25) is 0 Å². The van der Waals surface area contributed by atoms with Crippen LogP contribution >= 0.6 is 11.3 Å². The molecule has 0 aliphatic carbocycles. The Morgan fingerprint density at radius 2 is 2.29 bits per heavy atom. The molecule has 4 heteroatoms. The molecule has 1 saturated heterocycles. The summed E-state index contributed by atoms with van der Waals surface area (Å²) in [6.07, 6.45) is 2.02. The van der Waals surface area contributed by atoms with Gasteiger partial charge in [0.1, 0.15) is 5.01 Å². The molecule has 0 aromatic carbocycles. The van der Waals surface area contributed by atoms with Gasteiger partial charge in [-0.1, -0.05) is 0 Å². The quantitative estimate of drug-likeness (QED) is 0.807. The van der Waals surface area contributed by atoms with Gasteiger partial charge in [0, 0.05) is 36.2 Å². The van der Waals surface area contributed by atoms with Crippen molar-refractivity contribution in [2.75, 3.05) is 19.8 Å². The zero-order valence-electron chi connectivity index (χ0n) is 8.45. The second kappa shape index (κ2) is 3.96. The first kappa shape index (κ1) is 10.1. The van der Waals surface area contributed by atoms with E-state index in [4.69, 9.17) is 10.5 Å². The molecule has 0 bridgehead atoms. The molecule has 14 heavy (non-hydrogen) atoms. The maximum Gasteiger partial charge on any atom is 0.100 e. The van der Waals surface area contributed by atoms with Gasteiger partial charge in [-0.25, -0.2) is 4.98 Å². The van der Waals surface area contributed by atoms with Crippen molar-refractivity contribution < 1.29 is 4.74 Å². The molecule has 0 amide bonds. The molecule has 2 rings (SSSR count). The van der Waals surface area contributed by atoms with E-state index in [2.05, 4.69) is 10.4 Å². The Bertz CT molecular complexity index is 305. The Labute approximate surface area is 88.3 Å². The van der Waals surface area contributed by atoms with Crippen LogP contribution in [0, 0.1) is 6.92 Å². The van der Waals surface area contributed by atoms with Crippen molar-refractivity contribution in [3.8, 4) is 0 Å². The van der Waals surface area contributed by atoms with Crippen LogP contribution in [0.5, 0.6) is 0 Å². The van der Waals surface area contributed by atoms with E-state index in [-0.39, 0.29) is 5.41 Å². The monoisotopic (exact) mass is 212 g/mol. The molecule has 0 radical (unpaired) electrons. The molecular weight excluding hydrogens is 196 g/mol. The number of aromatic nitrogens is 1. The van der Waals surface area contributed by atoms with Crippen molar-refractivity contribution in [1.29, 1.82) is 0 Å². The molecule has 0 saturated carbocycles. The highest BCUT2D eigenvalue weighted by Crippen LogP contribution is 2.35. The van der Waals surface area contributed by atoms with Crippen LogP contribution in [0.3, 0.4) is 0 Å². The van der Waals surface area contributed by atoms with E-state index in [9.17, 15) is 0 Å². The van der Waals surface area contributed by atoms with Crippen LogP contribution in [-0.2, 0) is 10.2 Å². The molecule has 1 aliphatic rings. The Morgan fingerprint density at radius 1 is 1.57 bits per heavy atom. The molecule has 2 heterocycles. The summed E-state index contributed by atoms with van der Waals surface area (Å²) in [5.74, 6) is 0. The number of aryl methyl sites for hydroxylation is 1. The average Bonchev–Trinajstić information content (AvgIpc) is 2.66. The highest BCUT2D eigenvalue weighted by molar-refractivity contribution is 7.09. The van der Waals surface area contributed by atoms with Gasteiger partial charge in [-0.2, -0.15) is 0 Å². The van der Waals surface area contributed by atoms with Crippen molar-refractivity contribution in [1.82, 2.24) is 4.98 Å². The number of nitrogens with two attached hydrogens (primary N) is 1. The average molecular weight is 212 g/mol. The van der Waals surface area contributed by atoms with E-state index < -0.39 is 0 Å². The van der Waals surface area contributed by atoms with Crippen LogP contribution in [0.4, 0.5) is 0 Å². The minimum atomic E-state index is 0.0944. The number of hydrogen-bond donors (Lipinski definition) is 1. The third-order valence-electron chi connectivity index (χ3n) is 2.91. The van der Waals surface area contributed by atoms with Crippen molar-refractivity contribution in [2.24, 2.45) is 5.73 Å². The molecule has 0 atom stereocenters. The van der Waals surface area contributed by atoms with Crippen LogP contribution in [0.25, 0.3) is 0 Å². The van der Waals surface area contributed by atoms with E-state index in [0.29, 0.717) is 6.54 Å². The van der Waals surface area contributed by atoms with E-state index >= 15 is 0 Å². The zero-order valence-corrected chi connectivity index (χ0v) is 9.27. The fourth-order valence-corrected chi connectivity index (χ4v) is 2.93. The highest BCUT2D eigenvalue weighted by atomic mass is 32.1. The number of thiazole rings is 1. The molecule has 0 unspecified atom stereocenters. The summed E-state index contributed by atoms with van der Waals surface area (Å²) in [6.45, 7) is 4.35. The normalized spacial score (nSPS) is 21.0. The van der Waals surface area contributed by atoms with Crippen molar-refractivity contribution in [2.45, 2.75) is 25.2 Å². The van der Waals surface area contributed by atoms with Gasteiger partial charge in [-0.15, -0.1) is 11.3 Å². The molecule has 1 aliphatic heterocycles. The maximum absolute atomic E-state index is 5.89. The van der Waals surface area contributed by atoms with Gasteiger partial charge in [-0.05, 0) is 19.8 Å².